The topological polar surface area (TPSA) is 91.2 Å². The molecule has 1 unspecified atom stereocenters. The predicted octanol–water partition coefficient (Wildman–Crippen LogP) is 3.71. The molecule has 2 amide bonds. The summed E-state index contributed by atoms with van der Waals surface area (Å²) in [5.41, 5.74) is 1.50. The van der Waals surface area contributed by atoms with Crippen LogP contribution in [0, 0.1) is 5.92 Å². The smallest absolute Gasteiger partial charge is 0.411 e. The summed E-state index contributed by atoms with van der Waals surface area (Å²) in [5, 5.41) is 15.2. The van der Waals surface area contributed by atoms with Gasteiger partial charge in [0.2, 0.25) is 11.8 Å². The zero-order chi connectivity index (χ0) is 23.1. The molecule has 2 aromatic rings. The number of nitrogens with zero attached hydrogens (tertiary/aromatic N) is 2. The maximum absolute atomic E-state index is 12.7. The highest BCUT2D eigenvalue weighted by molar-refractivity contribution is 6.09. The molecule has 0 aromatic heterocycles. The number of ether oxygens (including phenoxy) is 1. The van der Waals surface area contributed by atoms with E-state index in [2.05, 4.69) is 15.2 Å². The van der Waals surface area contributed by atoms with Crippen molar-refractivity contribution in [2.75, 3.05) is 18.0 Å². The minimum atomic E-state index is -4.84. The molecule has 1 saturated heterocycles. The van der Waals surface area contributed by atoms with Crippen molar-refractivity contribution in [2.24, 2.45) is 11.1 Å². The number of carbonyl (C=O) groups excluding carboxylic acids is 2. The van der Waals surface area contributed by atoms with Gasteiger partial charge in [0.1, 0.15) is 11.7 Å². The van der Waals surface area contributed by atoms with Crippen molar-refractivity contribution in [3.63, 3.8) is 0 Å². The van der Waals surface area contributed by atoms with Gasteiger partial charge in [-0.15, -0.1) is 13.2 Å². The average molecular weight is 449 g/mol. The van der Waals surface area contributed by atoms with E-state index in [0.29, 0.717) is 18.6 Å². The van der Waals surface area contributed by atoms with Gasteiger partial charge in [-0.05, 0) is 37.0 Å². The van der Waals surface area contributed by atoms with Gasteiger partial charge in [-0.2, -0.15) is 0 Å². The van der Waals surface area contributed by atoms with Crippen molar-refractivity contribution in [1.82, 2.24) is 5.32 Å². The lowest BCUT2D eigenvalue weighted by Crippen LogP contribution is -2.37. The Morgan fingerprint density at radius 1 is 1.19 bits per heavy atom. The van der Waals surface area contributed by atoms with E-state index in [-0.39, 0.29) is 25.2 Å². The SMILES string of the molecule is O=C(NCCC/C(=N/O)c1ccccc1)C1CCN(c2cccc(OC(F)(F)F)c2)C1=O. The van der Waals surface area contributed by atoms with Crippen molar-refractivity contribution >= 4 is 23.2 Å². The van der Waals surface area contributed by atoms with Crippen LogP contribution in [0.1, 0.15) is 24.8 Å². The average Bonchev–Trinajstić information content (AvgIpc) is 3.14. The molecule has 2 aromatic carbocycles. The van der Waals surface area contributed by atoms with E-state index < -0.39 is 29.8 Å². The van der Waals surface area contributed by atoms with E-state index in [1.54, 1.807) is 0 Å². The lowest BCUT2D eigenvalue weighted by Gasteiger charge is -2.18. The molecule has 0 saturated carbocycles. The summed E-state index contributed by atoms with van der Waals surface area (Å²) in [6.45, 7) is 0.491. The Labute approximate surface area is 182 Å². The first-order valence-corrected chi connectivity index (χ1v) is 10.00. The first kappa shape index (κ1) is 23.1. The molecule has 2 N–H and O–H groups in total. The zero-order valence-corrected chi connectivity index (χ0v) is 17.0. The second-order valence-electron chi connectivity index (χ2n) is 7.18. The van der Waals surface area contributed by atoms with Crippen molar-refractivity contribution in [2.45, 2.75) is 25.6 Å². The minimum Gasteiger partial charge on any atom is -0.411 e. The van der Waals surface area contributed by atoms with Gasteiger partial charge in [0.25, 0.3) is 0 Å². The molecule has 1 aliphatic heterocycles. The van der Waals surface area contributed by atoms with Crippen LogP contribution in [0.5, 0.6) is 5.75 Å². The molecule has 0 bridgehead atoms. The molecule has 32 heavy (non-hydrogen) atoms. The van der Waals surface area contributed by atoms with E-state index in [4.69, 9.17) is 0 Å². The lowest BCUT2D eigenvalue weighted by molar-refractivity contribution is -0.274. The van der Waals surface area contributed by atoms with Crippen LogP contribution in [0.3, 0.4) is 0 Å². The summed E-state index contributed by atoms with van der Waals surface area (Å²) >= 11 is 0. The molecule has 0 radical (unpaired) electrons. The third kappa shape index (κ3) is 5.99. The Morgan fingerprint density at radius 3 is 2.62 bits per heavy atom. The van der Waals surface area contributed by atoms with Crippen molar-refractivity contribution < 1.29 is 32.7 Å². The number of oxime groups is 1. The normalized spacial score (nSPS) is 16.8. The highest BCUT2D eigenvalue weighted by Gasteiger charge is 2.38. The maximum Gasteiger partial charge on any atom is 0.573 e. The maximum atomic E-state index is 12.7. The van der Waals surface area contributed by atoms with Crippen molar-refractivity contribution in [1.29, 1.82) is 0 Å². The predicted molar refractivity (Wildman–Crippen MR) is 111 cm³/mol. The quantitative estimate of drug-likeness (QED) is 0.211. The highest BCUT2D eigenvalue weighted by atomic mass is 19.4. The van der Waals surface area contributed by atoms with E-state index in [1.165, 1.54) is 17.0 Å². The summed E-state index contributed by atoms with van der Waals surface area (Å²) in [5.74, 6) is -2.27. The fourth-order valence-electron chi connectivity index (χ4n) is 3.50. The Kier molecular flexibility index (Phi) is 7.34. The Bertz CT molecular complexity index is 980. The van der Waals surface area contributed by atoms with Crippen LogP contribution < -0.4 is 15.0 Å². The Morgan fingerprint density at radius 2 is 1.94 bits per heavy atom. The first-order valence-electron chi connectivity index (χ1n) is 10.00. The summed E-state index contributed by atoms with van der Waals surface area (Å²) < 4.78 is 41.2. The number of anilines is 1. The van der Waals surface area contributed by atoms with E-state index in [1.807, 2.05) is 30.3 Å². The standard InChI is InChI=1S/C22H22F3N3O4/c23-22(24,25)32-17-9-4-8-16(14-17)28-13-11-18(21(28)30)20(29)26-12-5-10-19(27-31)15-6-2-1-3-7-15/h1-4,6-9,14,18,31H,5,10-13H2,(H,26,29)/b27-19-. The van der Waals surface area contributed by atoms with Crippen LogP contribution in [-0.2, 0) is 9.59 Å². The second kappa shape index (κ2) is 10.2. The molecule has 10 heteroatoms. The highest BCUT2D eigenvalue weighted by Crippen LogP contribution is 2.30. The van der Waals surface area contributed by atoms with Gasteiger partial charge >= 0.3 is 6.36 Å². The number of amides is 2. The van der Waals surface area contributed by atoms with Gasteiger partial charge in [0.15, 0.2) is 0 Å². The number of hydrogen-bond acceptors (Lipinski definition) is 5. The fourth-order valence-corrected chi connectivity index (χ4v) is 3.50. The van der Waals surface area contributed by atoms with E-state index in [9.17, 15) is 28.0 Å². The molecule has 7 nitrogen and oxygen atoms in total. The van der Waals surface area contributed by atoms with Gasteiger partial charge in [0, 0.05) is 24.8 Å². The van der Waals surface area contributed by atoms with Crippen molar-refractivity contribution in [3.05, 3.63) is 60.2 Å². The third-order valence-corrected chi connectivity index (χ3v) is 5.00. The second-order valence-corrected chi connectivity index (χ2v) is 7.18. The van der Waals surface area contributed by atoms with Crippen LogP contribution >= 0.6 is 0 Å². The minimum absolute atomic E-state index is 0.210. The first-order chi connectivity index (χ1) is 15.3. The van der Waals surface area contributed by atoms with Crippen LogP contribution in [-0.4, -0.2) is 42.2 Å². The molecule has 0 spiro atoms. The summed E-state index contributed by atoms with van der Waals surface area (Å²) in [6.07, 6.45) is -3.65. The molecule has 0 aliphatic carbocycles. The largest absolute Gasteiger partial charge is 0.573 e. The van der Waals surface area contributed by atoms with Gasteiger partial charge in [-0.1, -0.05) is 41.6 Å². The molecule has 1 fully saturated rings. The zero-order valence-electron chi connectivity index (χ0n) is 17.0. The third-order valence-electron chi connectivity index (χ3n) is 5.00. The fraction of sp³-hybridized carbons (Fsp3) is 0.318. The molecule has 1 aliphatic rings. The van der Waals surface area contributed by atoms with Gasteiger partial charge in [-0.25, -0.2) is 0 Å². The van der Waals surface area contributed by atoms with Gasteiger partial charge < -0.3 is 20.2 Å². The summed E-state index contributed by atoms with van der Waals surface area (Å²) in [7, 11) is 0. The van der Waals surface area contributed by atoms with E-state index in [0.717, 1.165) is 17.7 Å². The summed E-state index contributed by atoms with van der Waals surface area (Å²) in [4.78, 5) is 26.4. The van der Waals surface area contributed by atoms with Crippen LogP contribution in [0.25, 0.3) is 0 Å². The Balaban J connectivity index is 1.51. The van der Waals surface area contributed by atoms with Gasteiger partial charge in [-0.3, -0.25) is 9.59 Å². The van der Waals surface area contributed by atoms with Crippen LogP contribution in [0.15, 0.2) is 59.8 Å². The molecular formula is C22H22F3N3O4. The number of alkyl halides is 3. The Hall–Kier alpha value is -3.56. The van der Waals surface area contributed by atoms with E-state index >= 15 is 0 Å². The molecule has 1 heterocycles. The number of rotatable bonds is 8. The van der Waals surface area contributed by atoms with Crippen molar-refractivity contribution in [3.8, 4) is 5.75 Å². The number of nitrogens with one attached hydrogen (secondary N) is 1. The number of halogens is 3. The molecular weight excluding hydrogens is 427 g/mol. The number of carbonyl (C=O) groups is 2. The van der Waals surface area contributed by atoms with Crippen LogP contribution in [0.2, 0.25) is 0 Å². The van der Waals surface area contributed by atoms with Gasteiger partial charge in [0.05, 0.1) is 5.71 Å². The molecule has 3 rings (SSSR count). The molecule has 170 valence electrons. The van der Waals surface area contributed by atoms with Crippen LogP contribution in [0.4, 0.5) is 18.9 Å². The summed E-state index contributed by atoms with van der Waals surface area (Å²) in [6, 6.07) is 14.2. The number of hydrogen-bond donors (Lipinski definition) is 2. The monoisotopic (exact) mass is 449 g/mol. The number of benzene rings is 2. The molecule has 1 atom stereocenters. The lowest BCUT2D eigenvalue weighted by atomic mass is 10.1.